The Kier molecular flexibility index (Phi) is 6.34. The summed E-state index contributed by atoms with van der Waals surface area (Å²) in [5.74, 6) is 0.636. The predicted octanol–water partition coefficient (Wildman–Crippen LogP) is 1.84. The lowest BCUT2D eigenvalue weighted by Crippen LogP contribution is -2.42. The fourth-order valence-electron chi connectivity index (χ4n) is 3.24. The van der Waals surface area contributed by atoms with Crippen molar-refractivity contribution in [1.82, 2.24) is 28.7 Å². The van der Waals surface area contributed by atoms with Gasteiger partial charge in [0, 0.05) is 44.0 Å². The van der Waals surface area contributed by atoms with Gasteiger partial charge < -0.3 is 19.5 Å². The molecule has 1 aliphatic heterocycles. The monoisotopic (exact) mass is 463 g/mol. The first-order valence-electron chi connectivity index (χ1n) is 9.74. The third kappa shape index (κ3) is 5.10. The van der Waals surface area contributed by atoms with Crippen molar-refractivity contribution in [3.63, 3.8) is 0 Å². The number of ether oxygens (including phenoxy) is 1. The van der Waals surface area contributed by atoms with Crippen LogP contribution in [0.15, 0.2) is 41.9 Å². The molecule has 10 nitrogen and oxygen atoms in total. The number of hydrogen-bond donors (Lipinski definition) is 1. The highest BCUT2D eigenvalue weighted by molar-refractivity contribution is 7.89. The van der Waals surface area contributed by atoms with Crippen molar-refractivity contribution in [2.45, 2.75) is 17.7 Å². The largest absolute Gasteiger partial charge is 0.369 e. The van der Waals surface area contributed by atoms with Gasteiger partial charge >= 0.3 is 0 Å². The maximum Gasteiger partial charge on any atom is 0.262 e. The quantitative estimate of drug-likeness (QED) is 0.566. The van der Waals surface area contributed by atoms with Crippen molar-refractivity contribution < 1.29 is 13.2 Å². The zero-order valence-electron chi connectivity index (χ0n) is 17.6. The maximum atomic E-state index is 12.9. The zero-order chi connectivity index (χ0) is 22.0. The molecule has 31 heavy (non-hydrogen) atoms. The second-order valence-corrected chi connectivity index (χ2v) is 10.5. The van der Waals surface area contributed by atoms with E-state index in [-0.39, 0.29) is 24.7 Å². The fourth-order valence-corrected chi connectivity index (χ4v) is 5.57. The Balaban J connectivity index is 1.47. The van der Waals surface area contributed by atoms with Gasteiger partial charge in [-0.1, -0.05) is 6.07 Å². The van der Waals surface area contributed by atoms with Gasteiger partial charge in [0.1, 0.15) is 11.9 Å². The van der Waals surface area contributed by atoms with E-state index in [1.165, 1.54) is 16.8 Å². The van der Waals surface area contributed by atoms with Gasteiger partial charge in [0.15, 0.2) is 10.2 Å². The summed E-state index contributed by atoms with van der Waals surface area (Å²) in [6.07, 6.45) is 4.36. The van der Waals surface area contributed by atoms with Crippen LogP contribution in [0.2, 0.25) is 0 Å². The first-order valence-corrected chi connectivity index (χ1v) is 12.0. The smallest absolute Gasteiger partial charge is 0.262 e. The summed E-state index contributed by atoms with van der Waals surface area (Å²) < 4.78 is 34.7. The van der Waals surface area contributed by atoms with Crippen LogP contribution in [-0.2, 0) is 28.4 Å². The number of pyridine rings is 1. The van der Waals surface area contributed by atoms with Gasteiger partial charge in [-0.05, 0) is 26.2 Å². The third-order valence-electron chi connectivity index (χ3n) is 4.68. The number of anilines is 2. The van der Waals surface area contributed by atoms with Crippen molar-refractivity contribution >= 4 is 32.3 Å². The summed E-state index contributed by atoms with van der Waals surface area (Å²) in [6.45, 7) is 1.57. The van der Waals surface area contributed by atoms with E-state index in [1.54, 1.807) is 23.0 Å². The van der Waals surface area contributed by atoms with E-state index in [1.807, 2.05) is 38.5 Å². The van der Waals surface area contributed by atoms with Crippen LogP contribution in [0, 0.1) is 0 Å². The lowest BCUT2D eigenvalue weighted by Gasteiger charge is -2.31. The Morgan fingerprint density at radius 3 is 2.90 bits per heavy atom. The topological polar surface area (TPSA) is 105 Å². The number of hydrogen-bond acceptors (Lipinski definition) is 9. The summed E-state index contributed by atoms with van der Waals surface area (Å²) in [6, 6.07) is 5.56. The second-order valence-electron chi connectivity index (χ2n) is 7.54. The number of nitrogens with zero attached hydrogens (tertiary/aromatic N) is 6. The summed E-state index contributed by atoms with van der Waals surface area (Å²) >= 11 is 1.57. The molecule has 4 rings (SSSR count). The van der Waals surface area contributed by atoms with Crippen LogP contribution < -0.4 is 5.32 Å². The highest BCUT2D eigenvalue weighted by atomic mass is 32.2. The van der Waals surface area contributed by atoms with Crippen molar-refractivity contribution in [3.8, 4) is 0 Å². The van der Waals surface area contributed by atoms with Crippen LogP contribution in [0.25, 0.3) is 0 Å². The summed E-state index contributed by atoms with van der Waals surface area (Å²) in [7, 11) is 2.08. The minimum atomic E-state index is -3.68. The van der Waals surface area contributed by atoms with E-state index in [2.05, 4.69) is 25.2 Å². The molecular formula is C19H25N7O3S2. The SMILES string of the molecule is CN(C)Cc1cnc(Nc2cccc(C3CN(S(=O)(=O)c4cn(C)cn4)CCO3)n2)s1. The number of nitrogens with one attached hydrogen (secondary N) is 1. The molecule has 3 aromatic heterocycles. The first kappa shape index (κ1) is 21.8. The molecule has 0 amide bonds. The minimum absolute atomic E-state index is 0.0383. The molecule has 0 aliphatic carbocycles. The number of sulfonamides is 1. The van der Waals surface area contributed by atoms with Crippen LogP contribution >= 0.6 is 11.3 Å². The predicted molar refractivity (Wildman–Crippen MR) is 118 cm³/mol. The van der Waals surface area contributed by atoms with E-state index in [0.29, 0.717) is 11.5 Å². The number of thiazole rings is 1. The highest BCUT2D eigenvalue weighted by Crippen LogP contribution is 2.27. The van der Waals surface area contributed by atoms with Gasteiger partial charge in [0.05, 0.1) is 18.6 Å². The first-order chi connectivity index (χ1) is 14.8. The van der Waals surface area contributed by atoms with Gasteiger partial charge in [-0.25, -0.2) is 23.4 Å². The van der Waals surface area contributed by atoms with Crippen molar-refractivity contribution in [1.29, 1.82) is 0 Å². The molecule has 1 saturated heterocycles. The molecule has 0 spiro atoms. The van der Waals surface area contributed by atoms with Crippen LogP contribution in [-0.4, -0.2) is 70.9 Å². The normalized spacial score (nSPS) is 17.9. The number of rotatable bonds is 7. The van der Waals surface area contributed by atoms with Crippen LogP contribution in [0.4, 0.5) is 10.9 Å². The molecule has 1 atom stereocenters. The van der Waals surface area contributed by atoms with Crippen molar-refractivity contribution in [2.75, 3.05) is 39.1 Å². The van der Waals surface area contributed by atoms with E-state index in [9.17, 15) is 8.42 Å². The van der Waals surface area contributed by atoms with E-state index < -0.39 is 16.1 Å². The molecule has 1 aliphatic rings. The van der Waals surface area contributed by atoms with Crippen LogP contribution in [0.3, 0.4) is 0 Å². The Morgan fingerprint density at radius 1 is 1.32 bits per heavy atom. The Hall–Kier alpha value is -2.38. The van der Waals surface area contributed by atoms with E-state index >= 15 is 0 Å². The summed E-state index contributed by atoms with van der Waals surface area (Å²) in [5, 5.41) is 4.02. The van der Waals surface area contributed by atoms with Gasteiger partial charge in [-0.3, -0.25) is 0 Å². The van der Waals surface area contributed by atoms with Gasteiger partial charge in [-0.2, -0.15) is 4.31 Å². The second kappa shape index (κ2) is 9.01. The molecule has 0 saturated carbocycles. The lowest BCUT2D eigenvalue weighted by molar-refractivity contribution is -0.00492. The van der Waals surface area contributed by atoms with Crippen molar-refractivity contribution in [2.24, 2.45) is 7.05 Å². The van der Waals surface area contributed by atoms with Crippen LogP contribution in [0.5, 0.6) is 0 Å². The standard InChI is InChI=1S/C19H25N7O3S2/c1-24(2)10-14-9-20-19(30-14)23-17-6-4-5-15(22-17)16-11-26(7-8-29-16)31(27,28)18-12-25(3)13-21-18/h4-6,9,12-13,16H,7-8,10-11H2,1-3H3,(H,20,22,23). The van der Waals surface area contributed by atoms with E-state index in [0.717, 1.165) is 16.6 Å². The van der Waals surface area contributed by atoms with Crippen molar-refractivity contribution in [3.05, 3.63) is 47.5 Å². The molecular weight excluding hydrogens is 438 g/mol. The number of morpholine rings is 1. The molecule has 0 aromatic carbocycles. The lowest BCUT2D eigenvalue weighted by atomic mass is 10.2. The van der Waals surface area contributed by atoms with Crippen LogP contribution in [0.1, 0.15) is 16.7 Å². The summed E-state index contributed by atoms with van der Waals surface area (Å²) in [5.41, 5.74) is 0.663. The molecule has 1 N–H and O–H groups in total. The maximum absolute atomic E-state index is 12.9. The van der Waals surface area contributed by atoms with E-state index in [4.69, 9.17) is 4.74 Å². The average Bonchev–Trinajstić information content (AvgIpc) is 3.37. The van der Waals surface area contributed by atoms with Gasteiger partial charge in [0.2, 0.25) is 0 Å². The average molecular weight is 464 g/mol. The van der Waals surface area contributed by atoms with Gasteiger partial charge in [0.25, 0.3) is 10.0 Å². The number of imidazole rings is 1. The number of aromatic nitrogens is 4. The minimum Gasteiger partial charge on any atom is -0.369 e. The Labute approximate surface area is 185 Å². The third-order valence-corrected chi connectivity index (χ3v) is 7.32. The molecule has 3 aromatic rings. The number of aryl methyl sites for hydroxylation is 1. The molecule has 1 unspecified atom stereocenters. The molecule has 166 valence electrons. The molecule has 0 radical (unpaired) electrons. The highest BCUT2D eigenvalue weighted by Gasteiger charge is 2.33. The Bertz CT molecular complexity index is 1140. The molecule has 0 bridgehead atoms. The molecule has 4 heterocycles. The Morgan fingerprint density at radius 2 is 2.16 bits per heavy atom. The fraction of sp³-hybridized carbons (Fsp3) is 0.421. The zero-order valence-corrected chi connectivity index (χ0v) is 19.2. The summed E-state index contributed by atoms with van der Waals surface area (Å²) in [4.78, 5) is 16.3. The molecule has 1 fully saturated rings. The van der Waals surface area contributed by atoms with Gasteiger partial charge in [-0.15, -0.1) is 11.3 Å². The molecule has 12 heteroatoms.